The number of urea groups is 1. The smallest absolute Gasteiger partial charge is 0.314 e. The van der Waals surface area contributed by atoms with Crippen LogP contribution >= 0.6 is 0 Å². The molecule has 2 N–H and O–H groups in total. The zero-order chi connectivity index (χ0) is 26.3. The average molecular weight is 492 g/mol. The first-order valence-corrected chi connectivity index (χ1v) is 13.7. The summed E-state index contributed by atoms with van der Waals surface area (Å²) in [5.41, 5.74) is 0.703. The van der Waals surface area contributed by atoms with Gasteiger partial charge in [0.15, 0.2) is 11.6 Å². The first-order chi connectivity index (χ1) is 16.8. The molecule has 0 aromatic carbocycles. The summed E-state index contributed by atoms with van der Waals surface area (Å²) in [7, 11) is 1.65. The highest BCUT2D eigenvalue weighted by Crippen LogP contribution is 2.70. The number of carbonyl (C=O) groups excluding carboxylic acids is 3. The number of rotatable bonds is 1. The molecule has 3 saturated carbocycles. The van der Waals surface area contributed by atoms with Crippen molar-refractivity contribution in [2.24, 2.45) is 45.8 Å². The van der Waals surface area contributed by atoms with Gasteiger partial charge in [-0.05, 0) is 79.1 Å². The standard InChI is InChI=1S/C30H41N3O3/c1-17-19-7-8-28(4)21(20(19)13-18(16-31)25(17)35)14-23(34)24-22-15-27(2,3)9-11-30(22,33-26(36)32-6)12-10-29(24,28)5/h13-14,17,19-20,22,24H,7-12,15H2,1-6H3,(H2,32,33,36)/t17-,19-,20?,22?,24?,28+,29+,30-/m0/s1. The van der Waals surface area contributed by atoms with Crippen molar-refractivity contribution in [3.63, 3.8) is 0 Å². The van der Waals surface area contributed by atoms with Gasteiger partial charge in [-0.1, -0.05) is 46.3 Å². The maximum absolute atomic E-state index is 14.2. The molecule has 3 fully saturated rings. The molecule has 5 aliphatic carbocycles. The highest BCUT2D eigenvalue weighted by atomic mass is 16.2. The van der Waals surface area contributed by atoms with Crippen LogP contribution < -0.4 is 10.6 Å². The lowest BCUT2D eigenvalue weighted by molar-refractivity contribution is -0.155. The van der Waals surface area contributed by atoms with E-state index in [0.29, 0.717) is 0 Å². The summed E-state index contributed by atoms with van der Waals surface area (Å²) >= 11 is 0. The topological polar surface area (TPSA) is 99.1 Å². The molecule has 6 heteroatoms. The van der Waals surface area contributed by atoms with Gasteiger partial charge in [0.05, 0.1) is 5.57 Å². The van der Waals surface area contributed by atoms with E-state index in [-0.39, 0.29) is 74.5 Å². The molecule has 0 aromatic rings. The Kier molecular flexibility index (Phi) is 5.64. The van der Waals surface area contributed by atoms with Gasteiger partial charge in [0.25, 0.3) is 0 Å². The Bertz CT molecular complexity index is 1130. The summed E-state index contributed by atoms with van der Waals surface area (Å²) in [6.45, 7) is 11.2. The molecular formula is C30H41N3O3. The molecule has 5 aliphatic rings. The lowest BCUT2D eigenvalue weighted by Crippen LogP contribution is -2.69. The maximum atomic E-state index is 14.2. The second kappa shape index (κ2) is 8.04. The second-order valence-electron chi connectivity index (χ2n) is 13.6. The molecule has 0 radical (unpaired) electrons. The fourth-order valence-electron chi connectivity index (χ4n) is 9.17. The minimum Gasteiger partial charge on any atom is -0.341 e. The van der Waals surface area contributed by atoms with E-state index in [1.165, 1.54) is 0 Å². The van der Waals surface area contributed by atoms with Crippen LogP contribution in [0.25, 0.3) is 0 Å². The maximum Gasteiger partial charge on any atom is 0.314 e. The summed E-state index contributed by atoms with van der Waals surface area (Å²) in [6, 6.07) is 1.97. The third-order valence-electron chi connectivity index (χ3n) is 11.6. The van der Waals surface area contributed by atoms with Crippen molar-refractivity contribution < 1.29 is 14.4 Å². The Hall–Kier alpha value is -2.42. The number of ketones is 2. The van der Waals surface area contributed by atoms with Gasteiger partial charge in [-0.25, -0.2) is 4.79 Å². The molecule has 5 rings (SSSR count). The van der Waals surface area contributed by atoms with Crippen molar-refractivity contribution in [1.82, 2.24) is 10.6 Å². The van der Waals surface area contributed by atoms with E-state index in [1.54, 1.807) is 7.05 Å². The number of nitriles is 1. The van der Waals surface area contributed by atoms with Crippen LogP contribution in [0.3, 0.4) is 0 Å². The van der Waals surface area contributed by atoms with Crippen LogP contribution in [-0.4, -0.2) is 30.2 Å². The van der Waals surface area contributed by atoms with Crippen molar-refractivity contribution >= 4 is 17.6 Å². The van der Waals surface area contributed by atoms with Crippen molar-refractivity contribution in [2.75, 3.05) is 7.05 Å². The molecule has 194 valence electrons. The van der Waals surface area contributed by atoms with Gasteiger partial charge in [0.1, 0.15) is 6.07 Å². The minimum atomic E-state index is -0.367. The normalized spacial score (nSPS) is 45.0. The molecule has 36 heavy (non-hydrogen) atoms. The summed E-state index contributed by atoms with van der Waals surface area (Å²) in [4.78, 5) is 39.6. The Labute approximate surface area is 215 Å². The van der Waals surface area contributed by atoms with Crippen LogP contribution in [0.1, 0.15) is 79.6 Å². The van der Waals surface area contributed by atoms with Crippen molar-refractivity contribution in [2.45, 2.75) is 85.1 Å². The predicted octanol–water partition coefficient (Wildman–Crippen LogP) is 5.11. The van der Waals surface area contributed by atoms with Gasteiger partial charge in [-0.3, -0.25) is 9.59 Å². The largest absolute Gasteiger partial charge is 0.341 e. The average Bonchev–Trinajstić information content (AvgIpc) is 2.82. The quantitative estimate of drug-likeness (QED) is 0.533. The monoisotopic (exact) mass is 491 g/mol. The summed E-state index contributed by atoms with van der Waals surface area (Å²) in [5.74, 6) is -0.0477. The summed E-state index contributed by atoms with van der Waals surface area (Å²) < 4.78 is 0. The number of Topliss-reactive ketones (excluding diaryl/α,β-unsaturated/α-hetero) is 1. The number of nitrogens with zero attached hydrogens (tertiary/aromatic N) is 1. The van der Waals surface area contributed by atoms with E-state index in [4.69, 9.17) is 0 Å². The van der Waals surface area contributed by atoms with E-state index in [2.05, 4.69) is 44.4 Å². The van der Waals surface area contributed by atoms with Gasteiger partial charge in [0, 0.05) is 30.3 Å². The number of carbonyl (C=O) groups is 3. The van der Waals surface area contributed by atoms with E-state index < -0.39 is 0 Å². The molecular weight excluding hydrogens is 450 g/mol. The number of hydrogen-bond donors (Lipinski definition) is 2. The number of hydrogen-bond acceptors (Lipinski definition) is 4. The van der Waals surface area contributed by atoms with Gasteiger partial charge >= 0.3 is 6.03 Å². The van der Waals surface area contributed by atoms with E-state index >= 15 is 0 Å². The lowest BCUT2D eigenvalue weighted by Gasteiger charge is -2.67. The predicted molar refractivity (Wildman–Crippen MR) is 138 cm³/mol. The molecule has 0 heterocycles. The van der Waals surface area contributed by atoms with Gasteiger partial charge < -0.3 is 10.6 Å². The van der Waals surface area contributed by atoms with Crippen molar-refractivity contribution in [3.05, 3.63) is 23.3 Å². The van der Waals surface area contributed by atoms with Crippen LogP contribution in [0.2, 0.25) is 0 Å². The molecule has 8 atom stereocenters. The van der Waals surface area contributed by atoms with E-state index in [0.717, 1.165) is 50.5 Å². The molecule has 0 aliphatic heterocycles. The Morgan fingerprint density at radius 2 is 1.78 bits per heavy atom. The molecule has 0 saturated heterocycles. The van der Waals surface area contributed by atoms with Crippen LogP contribution in [-0.2, 0) is 9.59 Å². The molecule has 3 unspecified atom stereocenters. The van der Waals surface area contributed by atoms with Crippen molar-refractivity contribution in [1.29, 1.82) is 5.26 Å². The third kappa shape index (κ3) is 3.30. The highest BCUT2D eigenvalue weighted by Gasteiger charge is 2.67. The molecule has 2 amide bonds. The zero-order valence-corrected chi connectivity index (χ0v) is 22.7. The first-order valence-electron chi connectivity index (χ1n) is 13.7. The Morgan fingerprint density at radius 3 is 2.44 bits per heavy atom. The van der Waals surface area contributed by atoms with Crippen LogP contribution in [0.5, 0.6) is 0 Å². The molecule has 6 nitrogen and oxygen atoms in total. The van der Waals surface area contributed by atoms with E-state index in [1.807, 2.05) is 19.1 Å². The summed E-state index contributed by atoms with van der Waals surface area (Å²) in [5, 5.41) is 15.7. The zero-order valence-electron chi connectivity index (χ0n) is 22.7. The SMILES string of the molecule is CNC(=O)N[C@]12CCC(C)(C)CC1C1C(=O)C=C3C4C=C(C#N)C(=O)[C@@H](C)[C@@H]4CC[C@@]3(C)[C@]1(C)CC2. The van der Waals surface area contributed by atoms with Crippen LogP contribution in [0.4, 0.5) is 4.79 Å². The Balaban J connectivity index is 1.63. The van der Waals surface area contributed by atoms with Gasteiger partial charge in [-0.2, -0.15) is 5.26 Å². The molecule has 0 spiro atoms. The minimum absolute atomic E-state index is 0.0358. The van der Waals surface area contributed by atoms with Crippen LogP contribution in [0.15, 0.2) is 23.3 Å². The number of nitrogens with one attached hydrogen (secondary N) is 2. The second-order valence-corrected chi connectivity index (χ2v) is 13.6. The first kappa shape index (κ1) is 25.2. The fraction of sp³-hybridized carbons (Fsp3) is 0.733. The lowest BCUT2D eigenvalue weighted by atomic mass is 9.37. The Morgan fingerprint density at radius 1 is 1.08 bits per heavy atom. The van der Waals surface area contributed by atoms with Gasteiger partial charge in [-0.15, -0.1) is 0 Å². The third-order valence-corrected chi connectivity index (χ3v) is 11.6. The molecule has 0 aromatic heterocycles. The number of allylic oxidation sites excluding steroid dienone is 4. The van der Waals surface area contributed by atoms with Crippen molar-refractivity contribution in [3.8, 4) is 6.07 Å². The van der Waals surface area contributed by atoms with E-state index in [9.17, 15) is 19.6 Å². The van der Waals surface area contributed by atoms with Gasteiger partial charge in [0.2, 0.25) is 0 Å². The highest BCUT2D eigenvalue weighted by molar-refractivity contribution is 6.02. The fourth-order valence-corrected chi connectivity index (χ4v) is 9.17. The molecule has 0 bridgehead atoms. The van der Waals surface area contributed by atoms with Crippen LogP contribution in [0, 0.1) is 57.2 Å². The number of fused-ring (bicyclic) bond motifs is 7. The number of amides is 2. The summed E-state index contributed by atoms with van der Waals surface area (Å²) in [6.07, 6.45) is 10.2.